The van der Waals surface area contributed by atoms with Gasteiger partial charge < -0.3 is 45.1 Å². The number of nitrogen functional groups attached to an aromatic ring is 1. The van der Waals surface area contributed by atoms with Crippen molar-refractivity contribution in [3.8, 4) is 11.8 Å². The quantitative estimate of drug-likeness (QED) is 0.0631. The monoisotopic (exact) mass is 635 g/mol. The number of phosphoric acid groups is 3. The molecule has 0 bridgehead atoms. The maximum Gasteiger partial charge on any atom is 0.490 e. The van der Waals surface area contributed by atoms with Crippen molar-refractivity contribution in [1.29, 1.82) is 0 Å². The zero-order valence-electron chi connectivity index (χ0n) is 19.4. The van der Waals surface area contributed by atoms with Gasteiger partial charge in [0.25, 0.3) is 0 Å². The average molecular weight is 635 g/mol. The Kier molecular flexibility index (Phi) is 10.8. The van der Waals surface area contributed by atoms with Crippen LogP contribution < -0.4 is 11.5 Å². The van der Waals surface area contributed by atoms with Crippen LogP contribution in [0.5, 0.6) is 0 Å². The summed E-state index contributed by atoms with van der Waals surface area (Å²) >= 11 is 0. The molecule has 0 aliphatic carbocycles. The Balaban J connectivity index is 1.82. The van der Waals surface area contributed by atoms with Gasteiger partial charge in [-0.3, -0.25) is 4.52 Å². The molecule has 3 rings (SSSR count). The Morgan fingerprint density at radius 1 is 1.21 bits per heavy atom. The highest BCUT2D eigenvalue weighted by Crippen LogP contribution is 2.66. The first-order chi connectivity index (χ1) is 17.8. The molecule has 1 aliphatic heterocycles. The fourth-order valence-corrected chi connectivity index (χ4v) is 7.21. The molecule has 5 atom stereocenters. The number of nitrogens with two attached hydrogens (primary N) is 2. The summed E-state index contributed by atoms with van der Waals surface area (Å²) in [5.74, 6) is 6.05. The van der Waals surface area contributed by atoms with E-state index in [0.717, 1.165) is 0 Å². The highest BCUT2D eigenvalue weighted by molar-refractivity contribution is 8.76. The Morgan fingerprint density at radius 3 is 2.61 bits per heavy atom. The molecule has 2 aromatic rings. The van der Waals surface area contributed by atoms with Gasteiger partial charge in [-0.25, -0.2) is 23.7 Å². The van der Waals surface area contributed by atoms with E-state index >= 15 is 0 Å². The molecule has 1 saturated heterocycles. The van der Waals surface area contributed by atoms with E-state index in [1.54, 1.807) is 10.8 Å². The first kappa shape index (κ1) is 31.5. The number of aromatic nitrogens is 3. The minimum Gasteiger partial charge on any atom is -0.383 e. The number of hydrogen-bond acceptors (Lipinski definition) is 14. The molecule has 0 amide bonds. The summed E-state index contributed by atoms with van der Waals surface area (Å²) in [6.07, 6.45) is 2.54. The Hall–Kier alpha value is -1.03. The molecule has 0 spiro atoms. The average Bonchev–Trinajstić information content (AvgIpc) is 3.36. The van der Waals surface area contributed by atoms with E-state index in [-0.39, 0.29) is 24.7 Å². The lowest BCUT2D eigenvalue weighted by Gasteiger charge is -2.21. The normalized spacial score (nSPS) is 23.1. The van der Waals surface area contributed by atoms with Crippen molar-refractivity contribution >= 4 is 61.9 Å². The number of hydrogen-bond donors (Lipinski definition) is 6. The van der Waals surface area contributed by atoms with Crippen molar-refractivity contribution in [2.24, 2.45) is 5.73 Å². The van der Waals surface area contributed by atoms with Gasteiger partial charge >= 0.3 is 23.5 Å². The van der Waals surface area contributed by atoms with Gasteiger partial charge in [0.1, 0.15) is 36.1 Å². The zero-order chi connectivity index (χ0) is 28.1. The maximum atomic E-state index is 12.2. The molecule has 22 heteroatoms. The molecular formula is C16H24N5O12P3S2. The van der Waals surface area contributed by atoms with Crippen molar-refractivity contribution in [2.75, 3.05) is 31.1 Å². The number of anilines is 1. The second kappa shape index (κ2) is 13.1. The van der Waals surface area contributed by atoms with Crippen LogP contribution in [0.25, 0.3) is 11.0 Å². The minimum atomic E-state index is -5.66. The summed E-state index contributed by atoms with van der Waals surface area (Å²) in [5.41, 5.74) is 12.4. The van der Waals surface area contributed by atoms with Gasteiger partial charge in [-0.2, -0.15) is 8.62 Å². The second-order valence-corrected chi connectivity index (χ2v) is 14.2. The zero-order valence-corrected chi connectivity index (χ0v) is 23.7. The summed E-state index contributed by atoms with van der Waals surface area (Å²) in [7, 11) is -13.7. The fraction of sp³-hybridized carbons (Fsp3) is 0.500. The number of nitrogens with zero attached hydrogens (tertiary/aromatic N) is 3. The third-order valence-corrected chi connectivity index (χ3v) is 9.99. The third-order valence-electron chi connectivity index (χ3n) is 4.72. The summed E-state index contributed by atoms with van der Waals surface area (Å²) in [6, 6.07) is 0. The summed E-state index contributed by atoms with van der Waals surface area (Å²) in [4.78, 5) is 44.8. The number of fused-ring (bicyclic) bond motifs is 1. The van der Waals surface area contributed by atoms with E-state index in [4.69, 9.17) is 35.3 Å². The summed E-state index contributed by atoms with van der Waals surface area (Å²) in [5, 5.41) is 0.476. The second-order valence-electron chi connectivity index (χ2n) is 7.27. The molecule has 8 N–H and O–H groups in total. The Bertz CT molecular complexity index is 1350. The molecule has 38 heavy (non-hydrogen) atoms. The summed E-state index contributed by atoms with van der Waals surface area (Å²) in [6.45, 7) is -0.573. The first-order valence-corrected chi connectivity index (χ1v) is 17.5. The lowest BCUT2D eigenvalue weighted by Crippen LogP contribution is -2.28. The van der Waals surface area contributed by atoms with Crippen LogP contribution in [0.1, 0.15) is 18.2 Å². The molecule has 1 fully saturated rings. The molecule has 2 aromatic heterocycles. The van der Waals surface area contributed by atoms with E-state index < -0.39 is 48.5 Å². The van der Waals surface area contributed by atoms with Crippen molar-refractivity contribution in [2.45, 2.75) is 24.9 Å². The van der Waals surface area contributed by atoms with Crippen LogP contribution in [0.2, 0.25) is 0 Å². The van der Waals surface area contributed by atoms with Gasteiger partial charge in [0.15, 0.2) is 0 Å². The lowest BCUT2D eigenvalue weighted by atomic mass is 10.2. The predicted octanol–water partition coefficient (Wildman–Crippen LogP) is 1.31. The first-order valence-electron chi connectivity index (χ1n) is 10.3. The van der Waals surface area contributed by atoms with Gasteiger partial charge in [0.05, 0.1) is 30.2 Å². The predicted molar refractivity (Wildman–Crippen MR) is 137 cm³/mol. The standard InChI is InChI=1S/C16H24N5O12P3S2/c1-37-38-9-29-11-5-13(21-6-10(3-2-4-17)14-15(18)19-8-20-16(14)21)31-12(11)7-30-35(25,26)33-36(27,28)32-34(22,23)24/h6,8,11-13H,4-5,7,9,17H2,1H3,(H,25,26)(H,27,28)(H2,18,19,20)(H2,22,23,24)/t11-,12+,13?/m0/s1. The van der Waals surface area contributed by atoms with E-state index in [0.29, 0.717) is 16.6 Å². The van der Waals surface area contributed by atoms with Crippen LogP contribution in [0.3, 0.4) is 0 Å². The molecule has 3 heterocycles. The molecule has 212 valence electrons. The van der Waals surface area contributed by atoms with Crippen molar-refractivity contribution in [1.82, 2.24) is 14.5 Å². The van der Waals surface area contributed by atoms with Crippen molar-refractivity contribution in [3.05, 3.63) is 18.1 Å². The lowest BCUT2D eigenvalue weighted by molar-refractivity contribution is -0.0520. The molecule has 0 aromatic carbocycles. The Morgan fingerprint density at radius 2 is 1.95 bits per heavy atom. The van der Waals surface area contributed by atoms with E-state index in [9.17, 15) is 23.5 Å². The van der Waals surface area contributed by atoms with Crippen LogP contribution in [0.4, 0.5) is 5.82 Å². The molecule has 0 radical (unpaired) electrons. The number of phosphoric ester groups is 1. The van der Waals surface area contributed by atoms with Gasteiger partial charge in [-0.15, -0.1) is 0 Å². The van der Waals surface area contributed by atoms with Gasteiger partial charge in [0, 0.05) is 12.6 Å². The molecular weight excluding hydrogens is 611 g/mol. The van der Waals surface area contributed by atoms with Crippen LogP contribution in [0, 0.1) is 11.8 Å². The van der Waals surface area contributed by atoms with Crippen molar-refractivity contribution in [3.63, 3.8) is 0 Å². The summed E-state index contributed by atoms with van der Waals surface area (Å²) < 4.78 is 60.3. The van der Waals surface area contributed by atoms with Crippen LogP contribution in [0.15, 0.2) is 12.5 Å². The van der Waals surface area contributed by atoms with E-state index in [1.165, 1.54) is 27.9 Å². The highest BCUT2D eigenvalue weighted by atomic mass is 33.1. The minimum absolute atomic E-state index is 0.103. The van der Waals surface area contributed by atoms with E-state index in [2.05, 4.69) is 30.4 Å². The molecule has 3 unspecified atom stereocenters. The number of ether oxygens (including phenoxy) is 2. The third kappa shape index (κ3) is 8.73. The van der Waals surface area contributed by atoms with Crippen LogP contribution >= 0.6 is 45.1 Å². The topological polar surface area (TPSA) is 261 Å². The van der Waals surface area contributed by atoms with Gasteiger partial charge in [0.2, 0.25) is 0 Å². The number of rotatable bonds is 12. The highest BCUT2D eigenvalue weighted by Gasteiger charge is 2.43. The smallest absolute Gasteiger partial charge is 0.383 e. The largest absolute Gasteiger partial charge is 0.490 e. The Labute approximate surface area is 223 Å². The molecule has 1 aliphatic rings. The SMILES string of the molecule is CSSCO[C@H]1CC(n2cc(C#CCN)c3c(N)ncnc32)O[C@@H]1COP(=O)(O)OP(=O)(O)OP(=O)(O)O. The van der Waals surface area contributed by atoms with Gasteiger partial charge in [-0.05, 0) is 6.26 Å². The maximum absolute atomic E-state index is 12.2. The van der Waals surface area contributed by atoms with Crippen LogP contribution in [-0.4, -0.2) is 71.7 Å². The van der Waals surface area contributed by atoms with Crippen LogP contribution in [-0.2, 0) is 36.3 Å². The van der Waals surface area contributed by atoms with E-state index in [1.807, 2.05) is 6.26 Å². The molecule has 0 saturated carbocycles. The molecule has 17 nitrogen and oxygen atoms in total. The fourth-order valence-electron chi connectivity index (χ4n) is 3.40. The van der Waals surface area contributed by atoms with Crippen molar-refractivity contribution < 1.29 is 55.9 Å². The van der Waals surface area contributed by atoms with Gasteiger partial charge in [-0.1, -0.05) is 33.4 Å².